The van der Waals surface area contributed by atoms with Crippen molar-refractivity contribution in [1.82, 2.24) is 0 Å². The molecule has 3 heteroatoms. The Balaban J connectivity index is 2.04. The van der Waals surface area contributed by atoms with Crippen LogP contribution >= 0.6 is 0 Å². The van der Waals surface area contributed by atoms with Gasteiger partial charge in [0.1, 0.15) is 23.2 Å². The van der Waals surface area contributed by atoms with Crippen molar-refractivity contribution in [2.45, 2.75) is 5.92 Å². The molecule has 0 aliphatic rings. The summed E-state index contributed by atoms with van der Waals surface area (Å²) in [4.78, 5) is 0. The van der Waals surface area contributed by atoms with Crippen LogP contribution in [0.3, 0.4) is 0 Å². The fourth-order valence-electron chi connectivity index (χ4n) is 2.18. The Morgan fingerprint density at radius 3 is 1.84 bits per heavy atom. The van der Waals surface area contributed by atoms with Crippen molar-refractivity contribution in [3.63, 3.8) is 0 Å². The zero-order valence-electron chi connectivity index (χ0n) is 10.6. The molecule has 0 aliphatic carbocycles. The molecule has 3 nitrogen and oxygen atoms in total. The van der Waals surface area contributed by atoms with Gasteiger partial charge in [0.25, 0.3) is 0 Å². The summed E-state index contributed by atoms with van der Waals surface area (Å²) in [5, 5.41) is 0. The monoisotopic (exact) mass is 254 g/mol. The lowest BCUT2D eigenvalue weighted by atomic mass is 9.94. The van der Waals surface area contributed by atoms with Crippen molar-refractivity contribution < 1.29 is 13.6 Å². The predicted molar refractivity (Wildman–Crippen MR) is 71.4 cm³/mol. The molecule has 19 heavy (non-hydrogen) atoms. The van der Waals surface area contributed by atoms with Crippen LogP contribution in [0.25, 0.3) is 0 Å². The number of hydrogen-bond acceptors (Lipinski definition) is 3. The average molecular weight is 254 g/mol. The molecule has 0 radical (unpaired) electrons. The topological polar surface area (TPSA) is 35.5 Å². The van der Waals surface area contributed by atoms with E-state index in [-0.39, 0.29) is 5.92 Å². The maximum absolute atomic E-state index is 5.54. The fraction of sp³-hybridized carbons (Fsp3) is 0.125. The number of rotatable bonds is 4. The van der Waals surface area contributed by atoms with Crippen LogP contribution in [0.2, 0.25) is 0 Å². The van der Waals surface area contributed by atoms with E-state index in [9.17, 15) is 0 Å². The first-order valence-corrected chi connectivity index (χ1v) is 6.09. The lowest BCUT2D eigenvalue weighted by Crippen LogP contribution is -2.00. The van der Waals surface area contributed by atoms with Gasteiger partial charge in [-0.3, -0.25) is 0 Å². The molecule has 0 atom stereocenters. The minimum Gasteiger partial charge on any atom is -0.497 e. The summed E-state index contributed by atoms with van der Waals surface area (Å²) < 4.78 is 16.3. The highest BCUT2D eigenvalue weighted by Crippen LogP contribution is 2.33. The number of ether oxygens (including phenoxy) is 1. The minimum absolute atomic E-state index is 0.0316. The Kier molecular flexibility index (Phi) is 3.11. The van der Waals surface area contributed by atoms with Crippen molar-refractivity contribution in [1.29, 1.82) is 0 Å². The third kappa shape index (κ3) is 2.27. The summed E-state index contributed by atoms with van der Waals surface area (Å²) in [6, 6.07) is 15.6. The summed E-state index contributed by atoms with van der Waals surface area (Å²) in [6.07, 6.45) is 3.35. The fourth-order valence-corrected chi connectivity index (χ4v) is 2.18. The first-order chi connectivity index (χ1) is 9.38. The number of hydrogen-bond donors (Lipinski definition) is 0. The molecule has 2 aromatic heterocycles. The third-order valence-corrected chi connectivity index (χ3v) is 3.10. The molecule has 0 aliphatic heterocycles. The SMILES string of the molecule is COc1ccc(C(c2ccco2)c2ccco2)cc1. The number of furan rings is 2. The van der Waals surface area contributed by atoms with Crippen molar-refractivity contribution in [3.8, 4) is 5.75 Å². The first-order valence-electron chi connectivity index (χ1n) is 6.09. The summed E-state index contributed by atoms with van der Waals surface area (Å²) >= 11 is 0. The molecular weight excluding hydrogens is 240 g/mol. The molecule has 3 aromatic rings. The lowest BCUT2D eigenvalue weighted by Gasteiger charge is -2.13. The van der Waals surface area contributed by atoms with E-state index in [1.807, 2.05) is 48.5 Å². The van der Waals surface area contributed by atoms with Gasteiger partial charge in [-0.1, -0.05) is 12.1 Å². The molecular formula is C16H14O3. The van der Waals surface area contributed by atoms with E-state index in [4.69, 9.17) is 13.6 Å². The van der Waals surface area contributed by atoms with E-state index < -0.39 is 0 Å². The van der Waals surface area contributed by atoms with Crippen LogP contribution in [0.1, 0.15) is 23.0 Å². The molecule has 0 amide bonds. The Morgan fingerprint density at radius 2 is 1.42 bits per heavy atom. The van der Waals surface area contributed by atoms with E-state index in [0.29, 0.717) is 0 Å². The van der Waals surface area contributed by atoms with Gasteiger partial charge in [0.15, 0.2) is 0 Å². The Labute approximate surface area is 111 Å². The largest absolute Gasteiger partial charge is 0.497 e. The van der Waals surface area contributed by atoms with Gasteiger partial charge in [0, 0.05) is 0 Å². The van der Waals surface area contributed by atoms with E-state index in [1.54, 1.807) is 19.6 Å². The normalized spacial score (nSPS) is 10.8. The molecule has 0 saturated heterocycles. The second-order valence-electron chi connectivity index (χ2n) is 4.24. The van der Waals surface area contributed by atoms with E-state index in [1.165, 1.54) is 0 Å². The van der Waals surface area contributed by atoms with Gasteiger partial charge in [0.05, 0.1) is 19.6 Å². The molecule has 0 fully saturated rings. The molecule has 3 rings (SSSR count). The van der Waals surface area contributed by atoms with Gasteiger partial charge in [0.2, 0.25) is 0 Å². The summed E-state index contributed by atoms with van der Waals surface area (Å²) in [6.45, 7) is 0. The Morgan fingerprint density at radius 1 is 0.842 bits per heavy atom. The van der Waals surface area contributed by atoms with Crippen molar-refractivity contribution in [2.24, 2.45) is 0 Å². The van der Waals surface area contributed by atoms with E-state index in [2.05, 4.69) is 0 Å². The molecule has 0 unspecified atom stereocenters. The summed E-state index contributed by atoms with van der Waals surface area (Å²) in [5.74, 6) is 2.53. The second-order valence-corrected chi connectivity index (χ2v) is 4.24. The van der Waals surface area contributed by atoms with Crippen LogP contribution in [-0.4, -0.2) is 7.11 Å². The van der Waals surface area contributed by atoms with Crippen molar-refractivity contribution in [3.05, 3.63) is 78.1 Å². The highest BCUT2D eigenvalue weighted by molar-refractivity contribution is 5.38. The molecule has 1 aromatic carbocycles. The molecule has 0 bridgehead atoms. The summed E-state index contributed by atoms with van der Waals surface area (Å²) in [5.41, 5.74) is 1.10. The minimum atomic E-state index is -0.0316. The van der Waals surface area contributed by atoms with Gasteiger partial charge >= 0.3 is 0 Å². The quantitative estimate of drug-likeness (QED) is 0.704. The molecule has 0 N–H and O–H groups in total. The van der Waals surface area contributed by atoms with Crippen molar-refractivity contribution >= 4 is 0 Å². The Bertz CT molecular complexity index is 572. The lowest BCUT2D eigenvalue weighted by molar-refractivity contribution is 0.414. The van der Waals surface area contributed by atoms with E-state index in [0.717, 1.165) is 22.8 Å². The van der Waals surface area contributed by atoms with Gasteiger partial charge in [-0.2, -0.15) is 0 Å². The molecule has 0 saturated carbocycles. The van der Waals surface area contributed by atoms with Gasteiger partial charge in [-0.05, 0) is 42.0 Å². The van der Waals surface area contributed by atoms with Crippen LogP contribution in [0.5, 0.6) is 5.75 Å². The van der Waals surface area contributed by atoms with Crippen LogP contribution in [-0.2, 0) is 0 Å². The highest BCUT2D eigenvalue weighted by Gasteiger charge is 2.21. The zero-order valence-corrected chi connectivity index (χ0v) is 10.6. The van der Waals surface area contributed by atoms with Gasteiger partial charge in [-0.25, -0.2) is 0 Å². The number of methoxy groups -OCH3 is 1. The maximum Gasteiger partial charge on any atom is 0.118 e. The molecule has 0 spiro atoms. The van der Waals surface area contributed by atoms with Crippen LogP contribution in [0.15, 0.2) is 69.9 Å². The summed E-state index contributed by atoms with van der Waals surface area (Å²) in [7, 11) is 1.66. The standard InChI is InChI=1S/C16H14O3/c1-17-13-8-6-12(7-9-13)16(14-4-2-10-18-14)15-5-3-11-19-15/h2-11,16H,1H3. The Hall–Kier alpha value is -2.42. The third-order valence-electron chi connectivity index (χ3n) is 3.10. The zero-order chi connectivity index (χ0) is 13.1. The van der Waals surface area contributed by atoms with Gasteiger partial charge < -0.3 is 13.6 Å². The second kappa shape index (κ2) is 5.06. The van der Waals surface area contributed by atoms with Crippen LogP contribution in [0.4, 0.5) is 0 Å². The molecule has 96 valence electrons. The van der Waals surface area contributed by atoms with Gasteiger partial charge in [-0.15, -0.1) is 0 Å². The van der Waals surface area contributed by atoms with Crippen LogP contribution < -0.4 is 4.74 Å². The highest BCUT2D eigenvalue weighted by atomic mass is 16.5. The first kappa shape index (κ1) is 11.7. The number of benzene rings is 1. The van der Waals surface area contributed by atoms with Crippen LogP contribution in [0, 0.1) is 0 Å². The van der Waals surface area contributed by atoms with E-state index >= 15 is 0 Å². The predicted octanol–water partition coefficient (Wildman–Crippen LogP) is 4.06. The smallest absolute Gasteiger partial charge is 0.118 e. The molecule has 2 heterocycles. The average Bonchev–Trinajstić information content (AvgIpc) is 3.13. The maximum atomic E-state index is 5.54. The van der Waals surface area contributed by atoms with Crippen molar-refractivity contribution in [2.75, 3.05) is 7.11 Å².